The lowest BCUT2D eigenvalue weighted by Gasteiger charge is -2.11. The summed E-state index contributed by atoms with van der Waals surface area (Å²) in [6.07, 6.45) is -0.338. The van der Waals surface area contributed by atoms with Crippen molar-refractivity contribution in [2.75, 3.05) is 5.75 Å². The Kier molecular flexibility index (Phi) is 4.10. The molecule has 0 spiro atoms. The molecule has 0 saturated heterocycles. The Labute approximate surface area is 97.0 Å². The molecule has 0 bridgehead atoms. The number of hydrogen-bond acceptors (Lipinski definition) is 3. The van der Waals surface area contributed by atoms with Crippen LogP contribution in [-0.4, -0.2) is 25.4 Å². The van der Waals surface area contributed by atoms with Gasteiger partial charge in [-0.1, -0.05) is 24.6 Å². The SMILES string of the molecule is CCC(O)CS(=O)(=O)c1ccc(C)cc1C. The molecule has 1 aromatic rings. The topological polar surface area (TPSA) is 54.4 Å². The van der Waals surface area contributed by atoms with E-state index in [1.165, 1.54) is 0 Å². The standard InChI is InChI=1S/C12H18O3S/c1-4-11(13)8-16(14,15)12-6-5-9(2)7-10(12)3/h5-7,11,13H,4,8H2,1-3H3. The first kappa shape index (κ1) is 13.2. The Morgan fingerprint density at radius 3 is 2.44 bits per heavy atom. The molecular weight excluding hydrogens is 224 g/mol. The number of aliphatic hydroxyl groups excluding tert-OH is 1. The molecule has 0 aliphatic carbocycles. The van der Waals surface area contributed by atoms with Crippen molar-refractivity contribution in [3.63, 3.8) is 0 Å². The smallest absolute Gasteiger partial charge is 0.181 e. The zero-order valence-corrected chi connectivity index (χ0v) is 10.7. The molecule has 16 heavy (non-hydrogen) atoms. The van der Waals surface area contributed by atoms with E-state index in [1.807, 2.05) is 13.0 Å². The minimum absolute atomic E-state index is 0.201. The molecule has 0 amide bonds. The number of hydrogen-bond donors (Lipinski definition) is 1. The van der Waals surface area contributed by atoms with Gasteiger partial charge < -0.3 is 5.11 Å². The lowest BCUT2D eigenvalue weighted by molar-refractivity contribution is 0.193. The van der Waals surface area contributed by atoms with Crippen molar-refractivity contribution >= 4 is 9.84 Å². The summed E-state index contributed by atoms with van der Waals surface area (Å²) in [5, 5.41) is 9.42. The van der Waals surface area contributed by atoms with Gasteiger partial charge in [0.1, 0.15) is 0 Å². The quantitative estimate of drug-likeness (QED) is 0.876. The van der Waals surface area contributed by atoms with Crippen LogP contribution in [0, 0.1) is 13.8 Å². The van der Waals surface area contributed by atoms with E-state index in [1.54, 1.807) is 26.0 Å². The molecule has 0 fully saturated rings. The van der Waals surface area contributed by atoms with E-state index in [2.05, 4.69) is 0 Å². The van der Waals surface area contributed by atoms with Gasteiger partial charge in [-0.2, -0.15) is 0 Å². The van der Waals surface area contributed by atoms with Crippen molar-refractivity contribution in [1.29, 1.82) is 0 Å². The van der Waals surface area contributed by atoms with Gasteiger partial charge in [0.15, 0.2) is 9.84 Å². The van der Waals surface area contributed by atoms with Crippen LogP contribution in [0.3, 0.4) is 0 Å². The molecule has 0 aromatic heterocycles. The zero-order valence-electron chi connectivity index (χ0n) is 9.90. The minimum Gasteiger partial charge on any atom is -0.392 e. The highest BCUT2D eigenvalue weighted by molar-refractivity contribution is 7.91. The Bertz CT molecular complexity index is 463. The first-order valence-corrected chi connectivity index (χ1v) is 7.00. The Morgan fingerprint density at radius 1 is 1.31 bits per heavy atom. The van der Waals surface area contributed by atoms with Crippen molar-refractivity contribution in [3.05, 3.63) is 29.3 Å². The van der Waals surface area contributed by atoms with Gasteiger partial charge in [0.25, 0.3) is 0 Å². The van der Waals surface area contributed by atoms with Crippen LogP contribution in [0.5, 0.6) is 0 Å². The van der Waals surface area contributed by atoms with Gasteiger partial charge in [-0.05, 0) is 31.9 Å². The van der Waals surface area contributed by atoms with Gasteiger partial charge >= 0.3 is 0 Å². The molecule has 1 rings (SSSR count). The van der Waals surface area contributed by atoms with Crippen molar-refractivity contribution < 1.29 is 13.5 Å². The number of rotatable bonds is 4. The predicted molar refractivity (Wildman–Crippen MR) is 64.3 cm³/mol. The second-order valence-corrected chi connectivity index (χ2v) is 6.12. The maximum Gasteiger partial charge on any atom is 0.181 e. The fourth-order valence-corrected chi connectivity index (χ4v) is 3.36. The first-order valence-electron chi connectivity index (χ1n) is 5.35. The van der Waals surface area contributed by atoms with Gasteiger partial charge in [-0.25, -0.2) is 8.42 Å². The average Bonchev–Trinajstić information content (AvgIpc) is 2.16. The zero-order chi connectivity index (χ0) is 12.3. The molecule has 1 aromatic carbocycles. The van der Waals surface area contributed by atoms with Crippen molar-refractivity contribution in [1.82, 2.24) is 0 Å². The highest BCUT2D eigenvalue weighted by Gasteiger charge is 2.20. The minimum atomic E-state index is -3.37. The Hall–Kier alpha value is -0.870. The van der Waals surface area contributed by atoms with Gasteiger partial charge in [0, 0.05) is 0 Å². The third-order valence-corrected chi connectivity index (χ3v) is 4.50. The van der Waals surface area contributed by atoms with E-state index >= 15 is 0 Å². The summed E-state index contributed by atoms with van der Waals surface area (Å²) in [5.74, 6) is -0.201. The highest BCUT2D eigenvalue weighted by atomic mass is 32.2. The van der Waals surface area contributed by atoms with E-state index in [0.29, 0.717) is 11.3 Å². The van der Waals surface area contributed by atoms with Crippen LogP contribution in [0.15, 0.2) is 23.1 Å². The van der Waals surface area contributed by atoms with Gasteiger partial charge in [0.05, 0.1) is 16.8 Å². The van der Waals surface area contributed by atoms with E-state index in [9.17, 15) is 13.5 Å². The van der Waals surface area contributed by atoms with Gasteiger partial charge in [-0.3, -0.25) is 0 Å². The summed E-state index contributed by atoms with van der Waals surface area (Å²) in [7, 11) is -3.37. The molecule has 3 nitrogen and oxygen atoms in total. The second-order valence-electron chi connectivity index (χ2n) is 4.11. The maximum absolute atomic E-state index is 12.0. The number of aryl methyl sites for hydroxylation is 2. The molecule has 4 heteroatoms. The second kappa shape index (κ2) is 4.97. The van der Waals surface area contributed by atoms with Crippen molar-refractivity contribution in [2.24, 2.45) is 0 Å². The van der Waals surface area contributed by atoms with Crippen molar-refractivity contribution in [2.45, 2.75) is 38.2 Å². The normalized spacial score (nSPS) is 13.8. The first-order chi connectivity index (χ1) is 7.36. The lowest BCUT2D eigenvalue weighted by Crippen LogP contribution is -2.20. The molecule has 1 atom stereocenters. The number of aliphatic hydroxyl groups is 1. The summed E-state index contributed by atoms with van der Waals surface area (Å²) >= 11 is 0. The summed E-state index contributed by atoms with van der Waals surface area (Å²) in [5.41, 5.74) is 1.77. The van der Waals surface area contributed by atoms with E-state index in [0.717, 1.165) is 11.1 Å². The molecule has 0 radical (unpaired) electrons. The van der Waals surface area contributed by atoms with Crippen molar-refractivity contribution in [3.8, 4) is 0 Å². The van der Waals surface area contributed by atoms with Gasteiger partial charge in [-0.15, -0.1) is 0 Å². The van der Waals surface area contributed by atoms with Crippen LogP contribution in [-0.2, 0) is 9.84 Å². The Balaban J connectivity index is 3.08. The van der Waals surface area contributed by atoms with E-state index in [4.69, 9.17) is 0 Å². The third kappa shape index (κ3) is 3.06. The summed E-state index contributed by atoms with van der Waals surface area (Å²) < 4.78 is 23.9. The fraction of sp³-hybridized carbons (Fsp3) is 0.500. The van der Waals surface area contributed by atoms with Crippen LogP contribution in [0.1, 0.15) is 24.5 Å². The monoisotopic (exact) mass is 242 g/mol. The molecule has 0 saturated carbocycles. The van der Waals surface area contributed by atoms with Crippen LogP contribution >= 0.6 is 0 Å². The molecule has 0 aliphatic rings. The fourth-order valence-electron chi connectivity index (χ4n) is 1.61. The summed E-state index contributed by atoms with van der Waals surface area (Å²) in [4.78, 5) is 0.325. The van der Waals surface area contributed by atoms with Gasteiger partial charge in [0.2, 0.25) is 0 Å². The molecule has 90 valence electrons. The molecular formula is C12H18O3S. The largest absolute Gasteiger partial charge is 0.392 e. The third-order valence-electron chi connectivity index (χ3n) is 2.55. The van der Waals surface area contributed by atoms with Crippen LogP contribution in [0.2, 0.25) is 0 Å². The van der Waals surface area contributed by atoms with Crippen LogP contribution < -0.4 is 0 Å². The lowest BCUT2D eigenvalue weighted by atomic mass is 10.2. The number of sulfone groups is 1. The van der Waals surface area contributed by atoms with Crippen LogP contribution in [0.4, 0.5) is 0 Å². The molecule has 0 heterocycles. The summed E-state index contributed by atoms with van der Waals surface area (Å²) in [6.45, 7) is 5.46. The molecule has 1 N–H and O–H groups in total. The van der Waals surface area contributed by atoms with Crippen LogP contribution in [0.25, 0.3) is 0 Å². The highest BCUT2D eigenvalue weighted by Crippen LogP contribution is 2.19. The molecule has 1 unspecified atom stereocenters. The maximum atomic E-state index is 12.0. The summed E-state index contributed by atoms with van der Waals surface area (Å²) in [6, 6.07) is 5.23. The predicted octanol–water partition coefficient (Wildman–Crippen LogP) is 1.85. The average molecular weight is 242 g/mol. The Morgan fingerprint density at radius 2 is 1.94 bits per heavy atom. The van der Waals surface area contributed by atoms with E-state index < -0.39 is 15.9 Å². The number of benzene rings is 1. The van der Waals surface area contributed by atoms with E-state index in [-0.39, 0.29) is 5.75 Å². The molecule has 0 aliphatic heterocycles.